The van der Waals surface area contributed by atoms with Gasteiger partial charge in [-0.3, -0.25) is 9.36 Å². The Balaban J connectivity index is 1.64. The van der Waals surface area contributed by atoms with E-state index in [0.717, 1.165) is 37.6 Å². The zero-order chi connectivity index (χ0) is 20.2. The van der Waals surface area contributed by atoms with Gasteiger partial charge in [0.15, 0.2) is 5.16 Å². The predicted octanol–water partition coefficient (Wildman–Crippen LogP) is 1.06. The number of nitrogens with one attached hydrogen (secondary N) is 1. The molecular weight excluding hydrogens is 386 g/mol. The molecule has 6 nitrogen and oxygen atoms in total. The second-order valence-corrected chi connectivity index (χ2v) is 8.36. The molecule has 0 radical (unpaired) electrons. The summed E-state index contributed by atoms with van der Waals surface area (Å²) in [7, 11) is 0. The number of thioether (sulfide) groups is 1. The van der Waals surface area contributed by atoms with Crippen LogP contribution in [-0.2, 0) is 4.74 Å². The number of para-hydroxylation sites is 2. The molecule has 0 saturated carbocycles. The van der Waals surface area contributed by atoms with Gasteiger partial charge in [0.05, 0.1) is 29.8 Å². The summed E-state index contributed by atoms with van der Waals surface area (Å²) in [5, 5.41) is 11.8. The minimum atomic E-state index is -0.471. The van der Waals surface area contributed by atoms with Gasteiger partial charge in [0.1, 0.15) is 25.7 Å². The fourth-order valence-corrected chi connectivity index (χ4v) is 4.60. The van der Waals surface area contributed by atoms with E-state index in [9.17, 15) is 9.90 Å². The molecule has 2 heterocycles. The molecule has 0 spiro atoms. The maximum absolute atomic E-state index is 13.3. The number of aliphatic hydroxyl groups excluding tert-OH is 1. The van der Waals surface area contributed by atoms with E-state index in [1.807, 2.05) is 55.5 Å². The molecule has 1 aliphatic rings. The summed E-state index contributed by atoms with van der Waals surface area (Å²) in [4.78, 5) is 19.4. The summed E-state index contributed by atoms with van der Waals surface area (Å²) < 4.78 is 7.06. The number of benzene rings is 2. The van der Waals surface area contributed by atoms with Crippen molar-refractivity contribution in [3.63, 3.8) is 0 Å². The molecule has 1 atom stereocenters. The van der Waals surface area contributed by atoms with Crippen LogP contribution in [0.3, 0.4) is 0 Å². The molecule has 2 N–H and O–H groups in total. The highest BCUT2D eigenvalue weighted by atomic mass is 32.2. The second kappa shape index (κ2) is 9.09. The highest BCUT2D eigenvalue weighted by Gasteiger charge is 2.20. The number of rotatable bonds is 6. The Hall–Kier alpha value is -2.19. The van der Waals surface area contributed by atoms with Gasteiger partial charge in [-0.25, -0.2) is 4.98 Å². The average molecular weight is 413 g/mol. The van der Waals surface area contributed by atoms with E-state index in [2.05, 4.69) is 0 Å². The number of nitrogens with zero attached hydrogens (tertiary/aromatic N) is 2. The predicted molar refractivity (Wildman–Crippen MR) is 115 cm³/mol. The van der Waals surface area contributed by atoms with Crippen molar-refractivity contribution in [3.05, 3.63) is 64.4 Å². The zero-order valence-electron chi connectivity index (χ0n) is 16.5. The van der Waals surface area contributed by atoms with Crippen LogP contribution in [-0.4, -0.2) is 59.4 Å². The van der Waals surface area contributed by atoms with Crippen LogP contribution in [0.4, 0.5) is 0 Å². The zero-order valence-corrected chi connectivity index (χ0v) is 17.3. The molecule has 0 unspecified atom stereocenters. The van der Waals surface area contributed by atoms with Gasteiger partial charge in [0, 0.05) is 5.75 Å². The van der Waals surface area contributed by atoms with E-state index in [1.165, 1.54) is 16.7 Å². The molecule has 152 valence electrons. The van der Waals surface area contributed by atoms with Crippen molar-refractivity contribution in [2.24, 2.45) is 0 Å². The highest BCUT2D eigenvalue weighted by Crippen LogP contribution is 2.23. The van der Waals surface area contributed by atoms with Crippen molar-refractivity contribution in [2.75, 3.05) is 38.6 Å². The lowest BCUT2D eigenvalue weighted by Crippen LogP contribution is -3.15. The molecule has 0 bridgehead atoms. The maximum atomic E-state index is 13.3. The van der Waals surface area contributed by atoms with Gasteiger partial charge in [-0.15, -0.1) is 0 Å². The van der Waals surface area contributed by atoms with Gasteiger partial charge in [-0.2, -0.15) is 0 Å². The summed E-state index contributed by atoms with van der Waals surface area (Å²) in [5.74, 6) is 0.487. The molecule has 2 aromatic carbocycles. The van der Waals surface area contributed by atoms with E-state index < -0.39 is 6.10 Å². The van der Waals surface area contributed by atoms with Crippen LogP contribution in [0.25, 0.3) is 16.6 Å². The fraction of sp³-hybridized carbons (Fsp3) is 0.364. The average Bonchev–Trinajstić information content (AvgIpc) is 2.74. The lowest BCUT2D eigenvalue weighted by atomic mass is 10.2. The Kier molecular flexibility index (Phi) is 6.30. The second-order valence-electron chi connectivity index (χ2n) is 7.37. The van der Waals surface area contributed by atoms with Gasteiger partial charge >= 0.3 is 0 Å². The molecule has 1 saturated heterocycles. The minimum absolute atomic E-state index is 0.0827. The van der Waals surface area contributed by atoms with Crippen LogP contribution >= 0.6 is 11.8 Å². The molecule has 0 aliphatic carbocycles. The van der Waals surface area contributed by atoms with E-state index in [1.54, 1.807) is 4.57 Å². The van der Waals surface area contributed by atoms with Crippen molar-refractivity contribution in [2.45, 2.75) is 18.2 Å². The SMILES string of the molecule is Cc1ccccc1-n1c(SC[C@@H](O)C[NH+]2CCOCC2)nc2ccccc2c1=O. The number of aliphatic hydroxyl groups is 1. The number of aryl methyl sites for hydroxylation is 1. The Bertz CT molecular complexity index is 1050. The first kappa shape index (κ1) is 20.1. The Morgan fingerprint density at radius 1 is 1.17 bits per heavy atom. The van der Waals surface area contributed by atoms with Crippen LogP contribution in [0.15, 0.2) is 58.5 Å². The van der Waals surface area contributed by atoms with Crippen LogP contribution in [0.1, 0.15) is 5.56 Å². The van der Waals surface area contributed by atoms with E-state index >= 15 is 0 Å². The summed E-state index contributed by atoms with van der Waals surface area (Å²) in [6, 6.07) is 15.2. The third kappa shape index (κ3) is 4.53. The fourth-order valence-electron chi connectivity index (χ4n) is 3.66. The maximum Gasteiger partial charge on any atom is 0.266 e. The summed E-state index contributed by atoms with van der Waals surface area (Å²) >= 11 is 1.43. The monoisotopic (exact) mass is 412 g/mol. The summed E-state index contributed by atoms with van der Waals surface area (Å²) in [6.07, 6.45) is -0.471. The lowest BCUT2D eigenvalue weighted by Gasteiger charge is -2.25. The first-order chi connectivity index (χ1) is 14.1. The molecule has 1 fully saturated rings. The van der Waals surface area contributed by atoms with Gasteiger partial charge in [0.2, 0.25) is 0 Å². The van der Waals surface area contributed by atoms with E-state index in [-0.39, 0.29) is 5.56 Å². The molecular formula is C22H26N3O3S+. The molecule has 3 aromatic rings. The van der Waals surface area contributed by atoms with Gasteiger partial charge in [-0.05, 0) is 30.7 Å². The summed E-state index contributed by atoms with van der Waals surface area (Å²) in [6.45, 7) is 6.00. The first-order valence-electron chi connectivity index (χ1n) is 9.93. The van der Waals surface area contributed by atoms with Crippen LogP contribution in [0, 0.1) is 6.92 Å². The highest BCUT2D eigenvalue weighted by molar-refractivity contribution is 7.99. The topological polar surface area (TPSA) is 68.8 Å². The van der Waals surface area contributed by atoms with Crippen LogP contribution < -0.4 is 10.5 Å². The van der Waals surface area contributed by atoms with E-state index in [4.69, 9.17) is 9.72 Å². The number of hydrogen-bond acceptors (Lipinski definition) is 5. The quantitative estimate of drug-likeness (QED) is 0.468. The molecule has 4 rings (SSSR count). The van der Waals surface area contributed by atoms with Gasteiger partial charge in [-0.1, -0.05) is 42.1 Å². The van der Waals surface area contributed by atoms with Crippen LogP contribution in [0.2, 0.25) is 0 Å². The molecule has 1 aliphatic heterocycles. The van der Waals surface area contributed by atoms with E-state index in [0.29, 0.717) is 28.4 Å². The van der Waals surface area contributed by atoms with Crippen molar-refractivity contribution in [3.8, 4) is 5.69 Å². The molecule has 29 heavy (non-hydrogen) atoms. The molecule has 7 heteroatoms. The number of morpholine rings is 1. The number of aromatic nitrogens is 2. The lowest BCUT2D eigenvalue weighted by molar-refractivity contribution is -0.910. The number of ether oxygens (including phenoxy) is 1. The number of fused-ring (bicyclic) bond motifs is 1. The first-order valence-corrected chi connectivity index (χ1v) is 10.9. The van der Waals surface area contributed by atoms with Gasteiger partial charge in [0.25, 0.3) is 5.56 Å². The largest absolute Gasteiger partial charge is 0.386 e. The van der Waals surface area contributed by atoms with Crippen molar-refractivity contribution in [1.82, 2.24) is 9.55 Å². The summed E-state index contributed by atoms with van der Waals surface area (Å²) in [5.41, 5.74) is 2.43. The Morgan fingerprint density at radius 2 is 1.90 bits per heavy atom. The normalized spacial score (nSPS) is 16.2. The number of hydrogen-bond donors (Lipinski definition) is 2. The van der Waals surface area contributed by atoms with Crippen molar-refractivity contribution < 1.29 is 14.7 Å². The van der Waals surface area contributed by atoms with Crippen LogP contribution in [0.5, 0.6) is 0 Å². The van der Waals surface area contributed by atoms with Crippen molar-refractivity contribution >= 4 is 22.7 Å². The van der Waals surface area contributed by atoms with Crippen molar-refractivity contribution in [1.29, 1.82) is 0 Å². The third-order valence-electron chi connectivity index (χ3n) is 5.23. The molecule has 0 amide bonds. The van der Waals surface area contributed by atoms with Gasteiger partial charge < -0.3 is 14.7 Å². The standard InChI is InChI=1S/C22H25N3O3S/c1-16-6-2-5-9-20(16)25-21(27)18-7-3-4-8-19(18)23-22(25)29-15-17(26)14-24-10-12-28-13-11-24/h2-9,17,26H,10-15H2,1H3/p+1/t17-/m0/s1. The Labute approximate surface area is 174 Å². The third-order valence-corrected chi connectivity index (χ3v) is 6.31. The minimum Gasteiger partial charge on any atom is -0.386 e. The smallest absolute Gasteiger partial charge is 0.266 e. The Morgan fingerprint density at radius 3 is 2.69 bits per heavy atom. The molecule has 1 aromatic heterocycles. The number of quaternary nitrogens is 1.